The molecular formula is C15H21NO4. The highest BCUT2D eigenvalue weighted by Gasteiger charge is 2.14. The second-order valence-electron chi connectivity index (χ2n) is 5.12. The summed E-state index contributed by atoms with van der Waals surface area (Å²) in [5.74, 6) is 1.52. The molecule has 5 nitrogen and oxygen atoms in total. The fourth-order valence-electron chi connectivity index (χ4n) is 2.07. The highest BCUT2D eigenvalue weighted by molar-refractivity contribution is 5.75. The summed E-state index contributed by atoms with van der Waals surface area (Å²) >= 11 is 0. The average Bonchev–Trinajstić information content (AvgIpc) is 2.44. The topological polar surface area (TPSA) is 59.0 Å². The van der Waals surface area contributed by atoms with E-state index in [4.69, 9.17) is 9.47 Å². The van der Waals surface area contributed by atoms with Crippen molar-refractivity contribution in [3.8, 4) is 11.5 Å². The minimum Gasteiger partial charge on any atom is -0.486 e. The predicted octanol–water partition coefficient (Wildman–Crippen LogP) is 1.58. The number of fused-ring (bicyclic) bond motifs is 1. The van der Waals surface area contributed by atoms with E-state index in [1.165, 1.54) is 0 Å². The van der Waals surface area contributed by atoms with Gasteiger partial charge >= 0.3 is 0 Å². The van der Waals surface area contributed by atoms with Gasteiger partial charge in [0.05, 0.1) is 6.10 Å². The van der Waals surface area contributed by atoms with E-state index in [2.05, 4.69) is 0 Å². The number of aliphatic hydroxyl groups excluding tert-OH is 1. The number of benzene rings is 1. The second-order valence-corrected chi connectivity index (χ2v) is 5.12. The van der Waals surface area contributed by atoms with Gasteiger partial charge in [-0.25, -0.2) is 0 Å². The van der Waals surface area contributed by atoms with E-state index in [1.54, 1.807) is 18.9 Å². The van der Waals surface area contributed by atoms with Crippen molar-refractivity contribution in [2.45, 2.75) is 32.4 Å². The minimum absolute atomic E-state index is 0.0285. The van der Waals surface area contributed by atoms with Crippen LogP contribution in [0, 0.1) is 0 Å². The number of nitrogens with zero attached hydrogens (tertiary/aromatic N) is 1. The van der Waals surface area contributed by atoms with Gasteiger partial charge in [-0.2, -0.15) is 0 Å². The van der Waals surface area contributed by atoms with Crippen LogP contribution in [0.4, 0.5) is 0 Å². The molecular weight excluding hydrogens is 258 g/mol. The molecule has 1 aromatic rings. The van der Waals surface area contributed by atoms with Crippen LogP contribution in [0.3, 0.4) is 0 Å². The Morgan fingerprint density at radius 3 is 2.75 bits per heavy atom. The molecule has 1 unspecified atom stereocenters. The van der Waals surface area contributed by atoms with Crippen molar-refractivity contribution in [3.05, 3.63) is 23.8 Å². The molecule has 0 saturated carbocycles. The molecule has 1 aliphatic heterocycles. The standard InChI is InChI=1S/C15H21NO4/c1-11(17)3-6-15(18)16(2)10-12-4-5-13-14(9-12)20-8-7-19-13/h4-5,9,11,17H,3,6-8,10H2,1-2H3. The maximum atomic E-state index is 11.9. The SMILES string of the molecule is CC(O)CCC(=O)N(C)Cc1ccc2c(c1)OCCO2. The zero-order valence-electron chi connectivity index (χ0n) is 12.0. The van der Waals surface area contributed by atoms with Crippen molar-refractivity contribution < 1.29 is 19.4 Å². The molecule has 1 heterocycles. The highest BCUT2D eigenvalue weighted by Crippen LogP contribution is 2.31. The van der Waals surface area contributed by atoms with E-state index >= 15 is 0 Å². The summed E-state index contributed by atoms with van der Waals surface area (Å²) < 4.78 is 11.0. The molecule has 0 saturated heterocycles. The third kappa shape index (κ3) is 3.87. The normalized spacial score (nSPS) is 14.8. The van der Waals surface area contributed by atoms with Gasteiger partial charge in [-0.15, -0.1) is 0 Å². The van der Waals surface area contributed by atoms with E-state index < -0.39 is 6.10 Å². The third-order valence-electron chi connectivity index (χ3n) is 3.23. The molecule has 1 aliphatic rings. The van der Waals surface area contributed by atoms with Crippen LogP contribution in [0.5, 0.6) is 11.5 Å². The van der Waals surface area contributed by atoms with Crippen LogP contribution in [0.15, 0.2) is 18.2 Å². The van der Waals surface area contributed by atoms with Gasteiger partial charge in [-0.1, -0.05) is 6.07 Å². The lowest BCUT2D eigenvalue weighted by Gasteiger charge is -2.21. The molecule has 1 N–H and O–H groups in total. The van der Waals surface area contributed by atoms with E-state index in [-0.39, 0.29) is 5.91 Å². The lowest BCUT2D eigenvalue weighted by atomic mass is 10.1. The van der Waals surface area contributed by atoms with E-state index in [0.717, 1.165) is 17.1 Å². The molecule has 0 spiro atoms. The van der Waals surface area contributed by atoms with E-state index in [0.29, 0.717) is 32.6 Å². The number of carbonyl (C=O) groups excluding carboxylic acids is 1. The van der Waals surface area contributed by atoms with E-state index in [9.17, 15) is 9.90 Å². The first kappa shape index (κ1) is 14.7. The van der Waals surface area contributed by atoms with Crippen molar-refractivity contribution >= 4 is 5.91 Å². The van der Waals surface area contributed by atoms with Crippen molar-refractivity contribution in [2.75, 3.05) is 20.3 Å². The molecule has 2 rings (SSSR count). The molecule has 0 fully saturated rings. The van der Waals surface area contributed by atoms with Gasteiger partial charge in [0.15, 0.2) is 11.5 Å². The maximum Gasteiger partial charge on any atom is 0.222 e. The van der Waals surface area contributed by atoms with Gasteiger partial charge in [0.2, 0.25) is 5.91 Å². The van der Waals surface area contributed by atoms with Crippen molar-refractivity contribution in [1.29, 1.82) is 0 Å². The fraction of sp³-hybridized carbons (Fsp3) is 0.533. The second kappa shape index (κ2) is 6.61. The number of rotatable bonds is 5. The zero-order valence-corrected chi connectivity index (χ0v) is 12.0. The summed E-state index contributed by atoms with van der Waals surface area (Å²) in [4.78, 5) is 13.6. The Hall–Kier alpha value is -1.75. The van der Waals surface area contributed by atoms with Crippen LogP contribution in [-0.4, -0.2) is 42.3 Å². The molecule has 1 aromatic carbocycles. The van der Waals surface area contributed by atoms with Gasteiger partial charge in [-0.3, -0.25) is 4.79 Å². The lowest BCUT2D eigenvalue weighted by Crippen LogP contribution is -2.26. The molecule has 1 amide bonds. The Morgan fingerprint density at radius 1 is 1.35 bits per heavy atom. The molecule has 20 heavy (non-hydrogen) atoms. The first-order valence-corrected chi connectivity index (χ1v) is 6.87. The number of carbonyl (C=O) groups is 1. The first-order chi connectivity index (χ1) is 9.56. The molecule has 0 aromatic heterocycles. The zero-order chi connectivity index (χ0) is 14.5. The molecule has 110 valence electrons. The van der Waals surface area contributed by atoms with Crippen LogP contribution >= 0.6 is 0 Å². The van der Waals surface area contributed by atoms with Crippen LogP contribution in [0.2, 0.25) is 0 Å². The van der Waals surface area contributed by atoms with E-state index in [1.807, 2.05) is 18.2 Å². The first-order valence-electron chi connectivity index (χ1n) is 6.87. The summed E-state index contributed by atoms with van der Waals surface area (Å²) in [6.45, 7) is 3.34. The summed E-state index contributed by atoms with van der Waals surface area (Å²) in [7, 11) is 1.77. The summed E-state index contributed by atoms with van der Waals surface area (Å²) in [6.07, 6.45) is 0.407. The lowest BCUT2D eigenvalue weighted by molar-refractivity contribution is -0.131. The molecule has 0 aliphatic carbocycles. The van der Waals surface area contributed by atoms with Crippen LogP contribution in [0.1, 0.15) is 25.3 Å². The number of hydrogen-bond donors (Lipinski definition) is 1. The number of ether oxygens (including phenoxy) is 2. The summed E-state index contributed by atoms with van der Waals surface area (Å²) in [6, 6.07) is 5.72. The van der Waals surface area contributed by atoms with Crippen LogP contribution in [0.25, 0.3) is 0 Å². The quantitative estimate of drug-likeness (QED) is 0.889. The monoisotopic (exact) mass is 279 g/mol. The smallest absolute Gasteiger partial charge is 0.222 e. The largest absolute Gasteiger partial charge is 0.486 e. The van der Waals surface area contributed by atoms with Gasteiger partial charge < -0.3 is 19.5 Å². The highest BCUT2D eigenvalue weighted by atomic mass is 16.6. The molecule has 1 atom stereocenters. The fourth-order valence-corrected chi connectivity index (χ4v) is 2.07. The van der Waals surface area contributed by atoms with Gasteiger partial charge in [0.1, 0.15) is 13.2 Å². The Morgan fingerprint density at radius 2 is 2.05 bits per heavy atom. The number of aliphatic hydroxyl groups is 1. The summed E-state index contributed by atoms with van der Waals surface area (Å²) in [5, 5.41) is 9.20. The Kier molecular flexibility index (Phi) is 4.84. The third-order valence-corrected chi connectivity index (χ3v) is 3.23. The maximum absolute atomic E-state index is 11.9. The van der Waals surface area contributed by atoms with Crippen LogP contribution in [-0.2, 0) is 11.3 Å². The molecule has 0 radical (unpaired) electrons. The van der Waals surface area contributed by atoms with Gasteiger partial charge in [0.25, 0.3) is 0 Å². The Labute approximate surface area is 119 Å². The molecule has 5 heteroatoms. The Bertz CT molecular complexity index is 473. The number of amides is 1. The van der Waals surface area contributed by atoms with Crippen molar-refractivity contribution in [2.24, 2.45) is 0 Å². The predicted molar refractivity (Wildman–Crippen MR) is 74.8 cm³/mol. The van der Waals surface area contributed by atoms with Gasteiger partial charge in [-0.05, 0) is 31.0 Å². The Balaban J connectivity index is 1.93. The van der Waals surface area contributed by atoms with Crippen LogP contribution < -0.4 is 9.47 Å². The number of hydrogen-bond acceptors (Lipinski definition) is 4. The van der Waals surface area contributed by atoms with Crippen molar-refractivity contribution in [1.82, 2.24) is 4.90 Å². The average molecular weight is 279 g/mol. The minimum atomic E-state index is -0.443. The van der Waals surface area contributed by atoms with Crippen molar-refractivity contribution in [3.63, 3.8) is 0 Å². The molecule has 0 bridgehead atoms. The summed E-state index contributed by atoms with van der Waals surface area (Å²) in [5.41, 5.74) is 1.00. The van der Waals surface area contributed by atoms with Gasteiger partial charge in [0, 0.05) is 20.0 Å².